The van der Waals surface area contributed by atoms with Gasteiger partial charge in [-0.05, 0) is 36.6 Å². The van der Waals surface area contributed by atoms with Gasteiger partial charge in [0.05, 0.1) is 11.5 Å². The molecule has 0 atom stereocenters. The van der Waals surface area contributed by atoms with E-state index in [1.165, 1.54) is 11.2 Å². The van der Waals surface area contributed by atoms with Crippen LogP contribution in [0.5, 0.6) is 0 Å². The molecule has 2 aliphatic heterocycles. The van der Waals surface area contributed by atoms with Gasteiger partial charge in [-0.1, -0.05) is 0 Å². The van der Waals surface area contributed by atoms with Crippen molar-refractivity contribution in [3.05, 3.63) is 23.8 Å². The minimum atomic E-state index is -3.51. The lowest BCUT2D eigenvalue weighted by atomic mass is 10.0. The van der Waals surface area contributed by atoms with Crippen LogP contribution in [0.3, 0.4) is 0 Å². The molecule has 2 heterocycles. The van der Waals surface area contributed by atoms with Gasteiger partial charge in [-0.25, -0.2) is 8.42 Å². The molecule has 3 rings (SSSR count). The number of carbonyl (C=O) groups excluding carboxylic acids is 1. The summed E-state index contributed by atoms with van der Waals surface area (Å²) in [4.78, 5) is 13.6. The van der Waals surface area contributed by atoms with Crippen LogP contribution in [0, 0.1) is 0 Å². The van der Waals surface area contributed by atoms with E-state index in [0.29, 0.717) is 19.7 Å². The van der Waals surface area contributed by atoms with Crippen LogP contribution in [-0.2, 0) is 26.0 Å². The molecule has 1 fully saturated rings. The Kier molecular flexibility index (Phi) is 3.73. The number of hydrogen-bond donors (Lipinski definition) is 0. The molecule has 1 saturated heterocycles. The molecule has 1 aromatic carbocycles. The first kappa shape index (κ1) is 14.5. The quantitative estimate of drug-likeness (QED) is 0.816. The van der Waals surface area contributed by atoms with Gasteiger partial charge in [-0.3, -0.25) is 4.79 Å². The highest BCUT2D eigenvalue weighted by atomic mass is 32.2. The fourth-order valence-electron chi connectivity index (χ4n) is 2.80. The molecule has 0 unspecified atom stereocenters. The number of aryl methyl sites for hydroxylation is 1. The number of ether oxygens (including phenoxy) is 1. The van der Waals surface area contributed by atoms with E-state index in [1.807, 2.05) is 0 Å². The van der Waals surface area contributed by atoms with E-state index < -0.39 is 10.0 Å². The molecule has 0 bridgehead atoms. The average molecular weight is 310 g/mol. The van der Waals surface area contributed by atoms with Crippen LogP contribution in [0.1, 0.15) is 18.9 Å². The van der Waals surface area contributed by atoms with Crippen molar-refractivity contribution in [2.45, 2.75) is 24.7 Å². The van der Waals surface area contributed by atoms with Crippen molar-refractivity contribution in [3.8, 4) is 0 Å². The maximum Gasteiger partial charge on any atom is 0.245 e. The summed E-state index contributed by atoms with van der Waals surface area (Å²) in [7, 11) is -3.51. The van der Waals surface area contributed by atoms with Gasteiger partial charge in [0.15, 0.2) is 0 Å². The van der Waals surface area contributed by atoms with Crippen LogP contribution in [0.25, 0.3) is 0 Å². The number of carbonyl (C=O) groups is 1. The van der Waals surface area contributed by atoms with E-state index in [2.05, 4.69) is 0 Å². The molecule has 2 aliphatic rings. The third kappa shape index (κ3) is 2.56. The molecule has 114 valence electrons. The fourth-order valence-corrected chi connectivity index (χ4v) is 4.15. The number of amides is 1. The Hall–Kier alpha value is -1.44. The second-order valence-corrected chi connectivity index (χ2v) is 7.22. The van der Waals surface area contributed by atoms with E-state index in [1.54, 1.807) is 23.1 Å². The second kappa shape index (κ2) is 5.40. The summed E-state index contributed by atoms with van der Waals surface area (Å²) in [6, 6.07) is 5.01. The number of benzene rings is 1. The van der Waals surface area contributed by atoms with Crippen LogP contribution in [0.15, 0.2) is 23.1 Å². The van der Waals surface area contributed by atoms with Crippen molar-refractivity contribution in [2.75, 3.05) is 31.3 Å². The zero-order valence-electron chi connectivity index (χ0n) is 11.9. The third-order valence-electron chi connectivity index (χ3n) is 3.91. The summed E-state index contributed by atoms with van der Waals surface area (Å²) in [6.07, 6.45) is 1.64. The van der Waals surface area contributed by atoms with Crippen molar-refractivity contribution in [2.24, 2.45) is 0 Å². The van der Waals surface area contributed by atoms with E-state index in [9.17, 15) is 13.2 Å². The first-order chi connectivity index (χ1) is 10.00. The van der Waals surface area contributed by atoms with Crippen molar-refractivity contribution in [1.82, 2.24) is 4.31 Å². The average Bonchev–Trinajstić information content (AvgIpc) is 3.00. The van der Waals surface area contributed by atoms with Gasteiger partial charge in [0.25, 0.3) is 0 Å². The van der Waals surface area contributed by atoms with Crippen LogP contribution in [0.2, 0.25) is 0 Å². The van der Waals surface area contributed by atoms with Gasteiger partial charge in [0.1, 0.15) is 6.73 Å². The minimum Gasteiger partial charge on any atom is -0.364 e. The lowest BCUT2D eigenvalue weighted by Gasteiger charge is -2.29. The molecule has 0 aromatic heterocycles. The Balaban J connectivity index is 1.98. The standard InChI is InChI=1S/C14H18N2O4S/c1-11(17)16-6-2-3-12-9-13(4-5-14(12)16)21(18,19)15-7-8-20-10-15/h4-5,9H,2-3,6-8,10H2,1H3. The number of rotatable bonds is 2. The molecule has 0 N–H and O–H groups in total. The molecule has 0 spiro atoms. The number of fused-ring (bicyclic) bond motifs is 1. The number of sulfonamides is 1. The third-order valence-corrected chi connectivity index (χ3v) is 5.73. The summed E-state index contributed by atoms with van der Waals surface area (Å²) in [5.74, 6) is -0.0144. The molecule has 1 amide bonds. The number of nitrogens with zero attached hydrogens (tertiary/aromatic N) is 2. The topological polar surface area (TPSA) is 66.9 Å². The van der Waals surface area contributed by atoms with E-state index >= 15 is 0 Å². The molecular formula is C14H18N2O4S. The predicted octanol–water partition coefficient (Wildman–Crippen LogP) is 0.964. The molecule has 0 saturated carbocycles. The van der Waals surface area contributed by atoms with E-state index in [4.69, 9.17) is 4.74 Å². The first-order valence-corrected chi connectivity index (χ1v) is 8.43. The van der Waals surface area contributed by atoms with Crippen molar-refractivity contribution in [3.63, 3.8) is 0 Å². The summed E-state index contributed by atoms with van der Waals surface area (Å²) in [5.41, 5.74) is 1.74. The number of hydrogen-bond acceptors (Lipinski definition) is 4. The van der Waals surface area contributed by atoms with Gasteiger partial charge < -0.3 is 9.64 Å². The Morgan fingerprint density at radius 3 is 2.76 bits per heavy atom. The molecular weight excluding hydrogens is 292 g/mol. The van der Waals surface area contributed by atoms with Crippen LogP contribution in [0.4, 0.5) is 5.69 Å². The highest BCUT2D eigenvalue weighted by Crippen LogP contribution is 2.30. The molecule has 1 aromatic rings. The van der Waals surface area contributed by atoms with Crippen LogP contribution >= 0.6 is 0 Å². The van der Waals surface area contributed by atoms with Crippen LogP contribution < -0.4 is 4.90 Å². The lowest BCUT2D eigenvalue weighted by molar-refractivity contribution is -0.116. The first-order valence-electron chi connectivity index (χ1n) is 6.99. The highest BCUT2D eigenvalue weighted by Gasteiger charge is 2.29. The fraction of sp³-hybridized carbons (Fsp3) is 0.500. The van der Waals surface area contributed by atoms with Crippen molar-refractivity contribution in [1.29, 1.82) is 0 Å². The second-order valence-electron chi connectivity index (χ2n) is 5.28. The largest absolute Gasteiger partial charge is 0.364 e. The van der Waals surface area contributed by atoms with E-state index in [-0.39, 0.29) is 17.5 Å². The Labute approximate surface area is 124 Å². The number of anilines is 1. The minimum absolute atomic E-state index is 0.0144. The van der Waals surface area contributed by atoms with Gasteiger partial charge in [0.2, 0.25) is 15.9 Å². The molecule has 21 heavy (non-hydrogen) atoms. The smallest absolute Gasteiger partial charge is 0.245 e. The molecule has 6 nitrogen and oxygen atoms in total. The predicted molar refractivity (Wildman–Crippen MR) is 77.5 cm³/mol. The maximum absolute atomic E-state index is 12.5. The SMILES string of the molecule is CC(=O)N1CCCc2cc(S(=O)(=O)N3CCOC3)ccc21. The summed E-state index contributed by atoms with van der Waals surface area (Å²) in [5, 5.41) is 0. The lowest BCUT2D eigenvalue weighted by Crippen LogP contribution is -2.34. The molecule has 0 aliphatic carbocycles. The Bertz CT molecular complexity index is 666. The summed E-state index contributed by atoms with van der Waals surface area (Å²) in [6.45, 7) is 3.15. The Morgan fingerprint density at radius 1 is 1.29 bits per heavy atom. The summed E-state index contributed by atoms with van der Waals surface area (Å²) >= 11 is 0. The van der Waals surface area contributed by atoms with Crippen molar-refractivity contribution >= 4 is 21.6 Å². The van der Waals surface area contributed by atoms with Crippen LogP contribution in [-0.4, -0.2) is 45.1 Å². The maximum atomic E-state index is 12.5. The monoisotopic (exact) mass is 310 g/mol. The van der Waals surface area contributed by atoms with Gasteiger partial charge in [-0.15, -0.1) is 0 Å². The zero-order valence-corrected chi connectivity index (χ0v) is 12.7. The Morgan fingerprint density at radius 2 is 2.10 bits per heavy atom. The van der Waals surface area contributed by atoms with Gasteiger partial charge in [0, 0.05) is 25.7 Å². The zero-order chi connectivity index (χ0) is 15.0. The van der Waals surface area contributed by atoms with Gasteiger partial charge >= 0.3 is 0 Å². The van der Waals surface area contributed by atoms with E-state index in [0.717, 1.165) is 24.1 Å². The van der Waals surface area contributed by atoms with Gasteiger partial charge in [-0.2, -0.15) is 4.31 Å². The highest BCUT2D eigenvalue weighted by molar-refractivity contribution is 7.89. The molecule has 7 heteroatoms. The molecule has 0 radical (unpaired) electrons. The summed E-state index contributed by atoms with van der Waals surface area (Å²) < 4.78 is 31.5. The van der Waals surface area contributed by atoms with Crippen molar-refractivity contribution < 1.29 is 17.9 Å². The normalized spacial score (nSPS) is 19.6.